The van der Waals surface area contributed by atoms with E-state index in [1.54, 1.807) is 0 Å². The van der Waals surface area contributed by atoms with E-state index in [1.807, 2.05) is 37.4 Å². The standard InChI is InChI=1S/C15H25N3S/c1-16-14(18(2)3)17-12-15(9-5-4-6-10-15)13-8-7-11-19-13/h7-8,11H,4-6,9-10,12H2,1-3H3,(H,16,17). The van der Waals surface area contributed by atoms with E-state index in [9.17, 15) is 0 Å². The molecule has 1 aromatic rings. The summed E-state index contributed by atoms with van der Waals surface area (Å²) in [6.07, 6.45) is 6.67. The van der Waals surface area contributed by atoms with Gasteiger partial charge in [-0.2, -0.15) is 0 Å². The van der Waals surface area contributed by atoms with E-state index in [0.29, 0.717) is 5.41 Å². The van der Waals surface area contributed by atoms with Gasteiger partial charge in [-0.25, -0.2) is 0 Å². The summed E-state index contributed by atoms with van der Waals surface area (Å²) in [5.41, 5.74) is 0.318. The summed E-state index contributed by atoms with van der Waals surface area (Å²) < 4.78 is 0. The highest BCUT2D eigenvalue weighted by molar-refractivity contribution is 7.10. The van der Waals surface area contributed by atoms with Crippen molar-refractivity contribution in [2.24, 2.45) is 4.99 Å². The van der Waals surface area contributed by atoms with Crippen molar-refractivity contribution in [1.82, 2.24) is 10.2 Å². The Bertz CT molecular complexity index is 403. The minimum atomic E-state index is 0.318. The van der Waals surface area contributed by atoms with E-state index < -0.39 is 0 Å². The van der Waals surface area contributed by atoms with Crippen molar-refractivity contribution in [3.8, 4) is 0 Å². The number of hydrogen-bond acceptors (Lipinski definition) is 2. The summed E-state index contributed by atoms with van der Waals surface area (Å²) in [6.45, 7) is 0.998. The van der Waals surface area contributed by atoms with Crippen LogP contribution in [0.25, 0.3) is 0 Å². The first-order valence-corrected chi connectivity index (χ1v) is 7.98. The quantitative estimate of drug-likeness (QED) is 0.680. The zero-order chi connectivity index (χ0) is 13.7. The summed E-state index contributed by atoms with van der Waals surface area (Å²) in [6, 6.07) is 4.48. The maximum Gasteiger partial charge on any atom is 0.193 e. The Hall–Kier alpha value is -1.03. The summed E-state index contributed by atoms with van der Waals surface area (Å²) in [5.74, 6) is 0.974. The molecule has 0 amide bonds. The lowest BCUT2D eigenvalue weighted by molar-refractivity contribution is 0.294. The van der Waals surface area contributed by atoms with E-state index in [2.05, 4.69) is 27.8 Å². The lowest BCUT2D eigenvalue weighted by atomic mass is 9.73. The van der Waals surface area contributed by atoms with Crippen LogP contribution in [-0.4, -0.2) is 38.5 Å². The molecule has 4 heteroatoms. The highest BCUT2D eigenvalue weighted by atomic mass is 32.1. The summed E-state index contributed by atoms with van der Waals surface area (Å²) in [7, 11) is 5.92. The van der Waals surface area contributed by atoms with Crippen LogP contribution in [0.3, 0.4) is 0 Å². The fourth-order valence-electron chi connectivity index (χ4n) is 3.00. The predicted molar refractivity (Wildman–Crippen MR) is 84.1 cm³/mol. The Morgan fingerprint density at radius 3 is 2.63 bits per heavy atom. The molecule has 1 heterocycles. The van der Waals surface area contributed by atoms with Gasteiger partial charge < -0.3 is 10.2 Å². The first-order chi connectivity index (χ1) is 9.18. The maximum atomic E-state index is 4.32. The molecule has 0 aliphatic heterocycles. The van der Waals surface area contributed by atoms with Gasteiger partial charge in [0.2, 0.25) is 0 Å². The molecule has 1 aliphatic rings. The molecule has 1 N–H and O–H groups in total. The number of rotatable bonds is 3. The van der Waals surface area contributed by atoms with Gasteiger partial charge in [0.15, 0.2) is 5.96 Å². The second-order valence-electron chi connectivity index (χ2n) is 5.61. The SMILES string of the molecule is CN=C(NCC1(c2cccs2)CCCCC1)N(C)C. The Balaban J connectivity index is 2.11. The first kappa shape index (κ1) is 14.4. The van der Waals surface area contributed by atoms with Crippen LogP contribution in [0.1, 0.15) is 37.0 Å². The average Bonchev–Trinajstić information content (AvgIpc) is 2.94. The van der Waals surface area contributed by atoms with Crippen LogP contribution in [0, 0.1) is 0 Å². The van der Waals surface area contributed by atoms with Crippen molar-refractivity contribution in [1.29, 1.82) is 0 Å². The van der Waals surface area contributed by atoms with Crippen LogP contribution >= 0.6 is 11.3 Å². The maximum absolute atomic E-state index is 4.32. The van der Waals surface area contributed by atoms with E-state index in [4.69, 9.17) is 0 Å². The fraction of sp³-hybridized carbons (Fsp3) is 0.667. The van der Waals surface area contributed by atoms with Crippen molar-refractivity contribution in [2.75, 3.05) is 27.7 Å². The molecule has 1 aromatic heterocycles. The van der Waals surface area contributed by atoms with E-state index in [-0.39, 0.29) is 0 Å². The summed E-state index contributed by atoms with van der Waals surface area (Å²) in [5, 5.41) is 5.75. The molecule has 0 unspecified atom stereocenters. The molecule has 3 nitrogen and oxygen atoms in total. The normalized spacial score (nSPS) is 19.2. The second-order valence-corrected chi connectivity index (χ2v) is 6.56. The van der Waals surface area contributed by atoms with Gasteiger partial charge in [0.1, 0.15) is 0 Å². The fourth-order valence-corrected chi connectivity index (χ4v) is 3.99. The van der Waals surface area contributed by atoms with Gasteiger partial charge >= 0.3 is 0 Å². The molecule has 0 radical (unpaired) electrons. The summed E-state index contributed by atoms with van der Waals surface area (Å²) >= 11 is 1.90. The van der Waals surface area contributed by atoms with Crippen LogP contribution in [0.15, 0.2) is 22.5 Å². The highest BCUT2D eigenvalue weighted by Crippen LogP contribution is 2.41. The minimum Gasteiger partial charge on any atom is -0.355 e. The summed E-state index contributed by atoms with van der Waals surface area (Å²) in [4.78, 5) is 7.90. The van der Waals surface area contributed by atoms with E-state index >= 15 is 0 Å². The third-order valence-electron chi connectivity index (χ3n) is 4.07. The van der Waals surface area contributed by atoms with Gasteiger partial charge in [-0.05, 0) is 24.3 Å². The number of hydrogen-bond donors (Lipinski definition) is 1. The largest absolute Gasteiger partial charge is 0.355 e. The molecule has 0 bridgehead atoms. The van der Waals surface area contributed by atoms with Crippen molar-refractivity contribution >= 4 is 17.3 Å². The van der Waals surface area contributed by atoms with Gasteiger partial charge in [0, 0.05) is 38.0 Å². The van der Waals surface area contributed by atoms with E-state index in [1.165, 1.54) is 37.0 Å². The van der Waals surface area contributed by atoms with Gasteiger partial charge in [0.05, 0.1) is 0 Å². The zero-order valence-electron chi connectivity index (χ0n) is 12.3. The Kier molecular flexibility index (Phi) is 4.86. The van der Waals surface area contributed by atoms with Crippen LogP contribution in [0.5, 0.6) is 0 Å². The molecule has 19 heavy (non-hydrogen) atoms. The smallest absolute Gasteiger partial charge is 0.193 e. The Morgan fingerprint density at radius 1 is 1.37 bits per heavy atom. The van der Waals surface area contributed by atoms with E-state index in [0.717, 1.165) is 12.5 Å². The monoisotopic (exact) mass is 279 g/mol. The number of thiophene rings is 1. The molecule has 1 fully saturated rings. The van der Waals surface area contributed by atoms with Crippen LogP contribution in [0.2, 0.25) is 0 Å². The molecule has 1 aliphatic carbocycles. The molecular formula is C15H25N3S. The van der Waals surface area contributed by atoms with Crippen molar-refractivity contribution in [2.45, 2.75) is 37.5 Å². The topological polar surface area (TPSA) is 27.6 Å². The molecule has 2 rings (SSSR count). The molecular weight excluding hydrogens is 254 g/mol. The lowest BCUT2D eigenvalue weighted by Gasteiger charge is -2.37. The number of nitrogens with zero attached hydrogens (tertiary/aromatic N) is 2. The third kappa shape index (κ3) is 3.30. The molecule has 1 saturated carbocycles. The molecule has 0 spiro atoms. The Labute approximate surface area is 120 Å². The number of aliphatic imine (C=N–C) groups is 1. The first-order valence-electron chi connectivity index (χ1n) is 7.10. The van der Waals surface area contributed by atoms with Crippen molar-refractivity contribution < 1.29 is 0 Å². The molecule has 0 saturated heterocycles. The van der Waals surface area contributed by atoms with Crippen LogP contribution in [0.4, 0.5) is 0 Å². The molecule has 0 atom stereocenters. The van der Waals surface area contributed by atoms with Crippen molar-refractivity contribution in [3.05, 3.63) is 22.4 Å². The number of guanidine groups is 1. The second kappa shape index (κ2) is 6.42. The molecule has 0 aromatic carbocycles. The zero-order valence-corrected chi connectivity index (χ0v) is 13.1. The van der Waals surface area contributed by atoms with Gasteiger partial charge in [-0.1, -0.05) is 25.3 Å². The molecule has 106 valence electrons. The average molecular weight is 279 g/mol. The predicted octanol–water partition coefficient (Wildman–Crippen LogP) is 3.09. The third-order valence-corrected chi connectivity index (χ3v) is 5.19. The van der Waals surface area contributed by atoms with Crippen LogP contribution < -0.4 is 5.32 Å². The van der Waals surface area contributed by atoms with Gasteiger partial charge in [-0.3, -0.25) is 4.99 Å². The minimum absolute atomic E-state index is 0.318. The highest BCUT2D eigenvalue weighted by Gasteiger charge is 2.34. The van der Waals surface area contributed by atoms with Crippen molar-refractivity contribution in [3.63, 3.8) is 0 Å². The lowest BCUT2D eigenvalue weighted by Crippen LogP contribution is -2.45. The van der Waals surface area contributed by atoms with Crippen LogP contribution in [-0.2, 0) is 5.41 Å². The van der Waals surface area contributed by atoms with Gasteiger partial charge in [0.25, 0.3) is 0 Å². The van der Waals surface area contributed by atoms with Gasteiger partial charge in [-0.15, -0.1) is 11.3 Å². The Morgan fingerprint density at radius 2 is 2.11 bits per heavy atom. The number of nitrogens with one attached hydrogen (secondary N) is 1.